The van der Waals surface area contributed by atoms with Crippen LogP contribution in [0.1, 0.15) is 0 Å². The highest BCUT2D eigenvalue weighted by Gasteiger charge is 2.10. The number of anilines is 2. The Balaban J connectivity index is 2.42. The highest BCUT2D eigenvalue weighted by atomic mass is 35.5. The van der Waals surface area contributed by atoms with Crippen molar-refractivity contribution in [3.63, 3.8) is 0 Å². The first-order chi connectivity index (χ1) is 8.45. The van der Waals surface area contributed by atoms with Gasteiger partial charge < -0.3 is 10.8 Å². The third kappa shape index (κ3) is 2.66. The maximum absolute atomic E-state index is 10.5. The molecule has 0 bridgehead atoms. The average Bonchev–Trinajstić information content (AvgIpc) is 2.58. The largest absolute Gasteiger partial charge is 0.465 e. The van der Waals surface area contributed by atoms with E-state index in [9.17, 15) is 4.79 Å². The summed E-state index contributed by atoms with van der Waals surface area (Å²) in [6.07, 6.45) is 0.219. The van der Waals surface area contributed by atoms with E-state index in [0.717, 1.165) is 0 Å². The molecule has 94 valence electrons. The average molecular weight is 287 g/mol. The van der Waals surface area contributed by atoms with Gasteiger partial charge in [0, 0.05) is 10.0 Å². The maximum Gasteiger partial charge on any atom is 0.409 e. The van der Waals surface area contributed by atoms with Crippen molar-refractivity contribution < 1.29 is 9.90 Å². The van der Waals surface area contributed by atoms with Gasteiger partial charge in [-0.1, -0.05) is 23.2 Å². The van der Waals surface area contributed by atoms with Crippen LogP contribution in [0.3, 0.4) is 0 Å². The minimum Gasteiger partial charge on any atom is -0.465 e. The molecule has 0 saturated heterocycles. The number of carbonyl (C=O) groups is 1. The van der Waals surface area contributed by atoms with Crippen molar-refractivity contribution in [1.29, 1.82) is 0 Å². The van der Waals surface area contributed by atoms with E-state index in [0.29, 0.717) is 15.7 Å². The summed E-state index contributed by atoms with van der Waals surface area (Å²) >= 11 is 11.7. The molecule has 0 saturated carbocycles. The lowest BCUT2D eigenvalue weighted by molar-refractivity contribution is 0.210. The number of nitrogens with zero attached hydrogens (tertiary/aromatic N) is 2. The Morgan fingerprint density at radius 1 is 1.33 bits per heavy atom. The number of amides is 1. The number of hydrogen-bond donors (Lipinski definition) is 3. The first-order valence-corrected chi connectivity index (χ1v) is 5.53. The van der Waals surface area contributed by atoms with Gasteiger partial charge in [0.1, 0.15) is 5.69 Å². The quantitative estimate of drug-likeness (QED) is 0.791. The third-order valence-corrected chi connectivity index (χ3v) is 2.53. The second kappa shape index (κ2) is 4.75. The van der Waals surface area contributed by atoms with Gasteiger partial charge >= 0.3 is 6.09 Å². The summed E-state index contributed by atoms with van der Waals surface area (Å²) in [5.41, 5.74) is 6.35. The normalized spacial score (nSPS) is 10.3. The van der Waals surface area contributed by atoms with E-state index in [2.05, 4.69) is 10.4 Å². The Bertz CT molecular complexity index is 592. The molecule has 0 aliphatic heterocycles. The Morgan fingerprint density at radius 3 is 2.50 bits per heavy atom. The molecule has 0 aliphatic carbocycles. The molecule has 0 fully saturated rings. The third-order valence-electron chi connectivity index (χ3n) is 2.10. The lowest BCUT2D eigenvalue weighted by atomic mass is 10.3. The number of aromatic nitrogens is 2. The highest BCUT2D eigenvalue weighted by Crippen LogP contribution is 2.24. The van der Waals surface area contributed by atoms with Gasteiger partial charge in [-0.25, -0.2) is 9.48 Å². The molecule has 2 aromatic rings. The molecule has 1 amide bonds. The van der Waals surface area contributed by atoms with Crippen molar-refractivity contribution in [3.8, 4) is 5.69 Å². The molecular formula is C10H8Cl2N4O2. The van der Waals surface area contributed by atoms with Crippen LogP contribution in [-0.4, -0.2) is 21.0 Å². The number of hydrogen-bond acceptors (Lipinski definition) is 3. The highest BCUT2D eigenvalue weighted by molar-refractivity contribution is 6.34. The molecule has 1 aromatic heterocycles. The molecule has 8 heteroatoms. The zero-order chi connectivity index (χ0) is 13.3. The number of nitrogens with two attached hydrogens (primary N) is 1. The number of benzene rings is 1. The van der Waals surface area contributed by atoms with Crippen LogP contribution in [-0.2, 0) is 0 Å². The first kappa shape index (κ1) is 12.5. The molecule has 0 aliphatic rings. The lowest BCUT2D eigenvalue weighted by Crippen LogP contribution is -2.07. The fraction of sp³-hybridized carbons (Fsp3) is 0. The van der Waals surface area contributed by atoms with Gasteiger partial charge in [0.25, 0.3) is 0 Å². The first-order valence-electron chi connectivity index (χ1n) is 4.77. The van der Waals surface area contributed by atoms with E-state index >= 15 is 0 Å². The van der Waals surface area contributed by atoms with Gasteiger partial charge in [0.05, 0.1) is 11.9 Å². The summed E-state index contributed by atoms with van der Waals surface area (Å²) in [7, 11) is 0. The zero-order valence-corrected chi connectivity index (χ0v) is 10.4. The van der Waals surface area contributed by atoms with Crippen molar-refractivity contribution in [2.45, 2.75) is 0 Å². The van der Waals surface area contributed by atoms with E-state index < -0.39 is 6.09 Å². The fourth-order valence-electron chi connectivity index (χ4n) is 1.40. The minimum atomic E-state index is -1.22. The van der Waals surface area contributed by atoms with Crippen molar-refractivity contribution in [2.75, 3.05) is 11.1 Å². The smallest absolute Gasteiger partial charge is 0.409 e. The van der Waals surface area contributed by atoms with E-state index in [1.165, 1.54) is 10.9 Å². The van der Waals surface area contributed by atoms with Crippen molar-refractivity contribution in [1.82, 2.24) is 9.78 Å². The SMILES string of the molecule is Nc1nn(-c2cc(Cl)cc(Cl)c2)cc1NC(=O)O. The molecule has 4 N–H and O–H groups in total. The van der Waals surface area contributed by atoms with Crippen LogP contribution in [0.5, 0.6) is 0 Å². The number of nitrogens with one attached hydrogen (secondary N) is 1. The predicted octanol–water partition coefficient (Wildman–Crippen LogP) is 2.85. The van der Waals surface area contributed by atoms with Crippen LogP contribution in [0.4, 0.5) is 16.3 Å². The van der Waals surface area contributed by atoms with Crippen LogP contribution in [0.15, 0.2) is 24.4 Å². The Morgan fingerprint density at radius 2 is 1.94 bits per heavy atom. The standard InChI is InChI=1S/C10H8Cl2N4O2/c11-5-1-6(12)3-7(2-5)16-4-8(9(13)15-16)14-10(17)18/h1-4,14H,(H2,13,15)(H,17,18). The van der Waals surface area contributed by atoms with E-state index in [1.807, 2.05) is 0 Å². The second-order valence-corrected chi connectivity index (χ2v) is 4.30. The molecule has 1 aromatic carbocycles. The van der Waals surface area contributed by atoms with Crippen LogP contribution in [0, 0.1) is 0 Å². The predicted molar refractivity (Wildman–Crippen MR) is 69.6 cm³/mol. The molecule has 6 nitrogen and oxygen atoms in total. The van der Waals surface area contributed by atoms with Crippen molar-refractivity contribution >= 4 is 40.8 Å². The topological polar surface area (TPSA) is 93.2 Å². The minimum absolute atomic E-state index is 0.0634. The zero-order valence-electron chi connectivity index (χ0n) is 8.89. The lowest BCUT2D eigenvalue weighted by Gasteiger charge is -2.02. The fourth-order valence-corrected chi connectivity index (χ4v) is 1.92. The summed E-state index contributed by atoms with van der Waals surface area (Å²) in [6.45, 7) is 0. The second-order valence-electron chi connectivity index (χ2n) is 3.43. The Labute approximate surface area is 112 Å². The molecule has 2 rings (SSSR count). The van der Waals surface area contributed by atoms with E-state index in [1.54, 1.807) is 18.2 Å². The van der Waals surface area contributed by atoms with Gasteiger partial charge in [-0.15, -0.1) is 5.10 Å². The number of nitrogen functional groups attached to an aromatic ring is 1. The van der Waals surface area contributed by atoms with Gasteiger partial charge in [-0.05, 0) is 18.2 Å². The number of carboxylic acid groups (broad SMARTS) is 1. The summed E-state index contributed by atoms with van der Waals surface area (Å²) in [6, 6.07) is 4.84. The van der Waals surface area contributed by atoms with Gasteiger partial charge in [0.15, 0.2) is 5.82 Å². The van der Waals surface area contributed by atoms with Crippen LogP contribution in [0.25, 0.3) is 5.69 Å². The van der Waals surface area contributed by atoms with Gasteiger partial charge in [-0.3, -0.25) is 5.32 Å². The molecule has 18 heavy (non-hydrogen) atoms. The Kier molecular flexibility index (Phi) is 3.31. The van der Waals surface area contributed by atoms with E-state index in [-0.39, 0.29) is 11.5 Å². The van der Waals surface area contributed by atoms with Crippen LogP contribution >= 0.6 is 23.2 Å². The van der Waals surface area contributed by atoms with Crippen LogP contribution < -0.4 is 11.1 Å². The number of halogens is 2. The molecule has 0 radical (unpaired) electrons. The maximum atomic E-state index is 10.5. The van der Waals surface area contributed by atoms with Crippen molar-refractivity contribution in [2.24, 2.45) is 0 Å². The summed E-state index contributed by atoms with van der Waals surface area (Å²) in [5, 5.41) is 15.6. The molecule has 0 atom stereocenters. The molecule has 0 spiro atoms. The summed E-state index contributed by atoms with van der Waals surface area (Å²) < 4.78 is 1.39. The molecule has 1 heterocycles. The monoisotopic (exact) mass is 286 g/mol. The molecule has 0 unspecified atom stereocenters. The van der Waals surface area contributed by atoms with Gasteiger partial charge in [-0.2, -0.15) is 0 Å². The van der Waals surface area contributed by atoms with Gasteiger partial charge in [0.2, 0.25) is 0 Å². The summed E-state index contributed by atoms with van der Waals surface area (Å²) in [4.78, 5) is 10.5. The number of rotatable bonds is 2. The Hall–Kier alpha value is -1.92. The van der Waals surface area contributed by atoms with Crippen molar-refractivity contribution in [3.05, 3.63) is 34.4 Å². The molecular weight excluding hydrogens is 279 g/mol. The van der Waals surface area contributed by atoms with Crippen LogP contribution in [0.2, 0.25) is 10.0 Å². The summed E-state index contributed by atoms with van der Waals surface area (Å²) in [5.74, 6) is 0.0634. The van der Waals surface area contributed by atoms with E-state index in [4.69, 9.17) is 34.0 Å².